The minimum atomic E-state index is -0.0964. The lowest BCUT2D eigenvalue weighted by atomic mass is 9.84. The molecule has 5 nitrogen and oxygen atoms in total. The van der Waals surface area contributed by atoms with Gasteiger partial charge >= 0.3 is 0 Å². The fourth-order valence-corrected chi connectivity index (χ4v) is 3.01. The summed E-state index contributed by atoms with van der Waals surface area (Å²) in [6.07, 6.45) is 5.43. The Morgan fingerprint density at radius 1 is 1.10 bits per heavy atom. The number of anilines is 2. The molecule has 0 amide bonds. The number of hydrogen-bond acceptors (Lipinski definition) is 5. The first-order chi connectivity index (χ1) is 13.8. The largest absolute Gasteiger partial charge is 0.399 e. The number of terminal acetylenes is 1. The highest BCUT2D eigenvalue weighted by atomic mass is 15.2. The summed E-state index contributed by atoms with van der Waals surface area (Å²) in [5.41, 5.74) is 17.1. The van der Waals surface area contributed by atoms with Gasteiger partial charge in [-0.15, -0.1) is 16.6 Å². The second-order valence-corrected chi connectivity index (χ2v) is 7.59. The first-order valence-electron chi connectivity index (χ1n) is 9.29. The van der Waals surface area contributed by atoms with Crippen LogP contribution in [-0.4, -0.2) is 16.7 Å². The van der Waals surface area contributed by atoms with Crippen LogP contribution in [0.15, 0.2) is 61.2 Å². The summed E-state index contributed by atoms with van der Waals surface area (Å²) in [4.78, 5) is 0. The molecule has 1 heterocycles. The van der Waals surface area contributed by atoms with E-state index in [1.165, 1.54) is 5.56 Å². The molecule has 0 atom stereocenters. The second kappa shape index (κ2) is 8.07. The highest BCUT2D eigenvalue weighted by Gasteiger charge is 2.20. The molecule has 0 bridgehead atoms. The van der Waals surface area contributed by atoms with Crippen LogP contribution in [0.5, 0.6) is 0 Å². The second-order valence-electron chi connectivity index (χ2n) is 7.59. The topological polar surface area (TPSA) is 89.8 Å². The molecule has 0 spiro atoms. The van der Waals surface area contributed by atoms with Gasteiger partial charge in [0.2, 0.25) is 0 Å². The molecule has 3 rings (SSSR count). The van der Waals surface area contributed by atoms with E-state index in [4.69, 9.17) is 17.9 Å². The average Bonchev–Trinajstić information content (AvgIpc) is 2.73. The number of nitrogens with two attached hydrogens (primary N) is 2. The van der Waals surface area contributed by atoms with Crippen LogP contribution in [0.4, 0.5) is 11.5 Å². The van der Waals surface area contributed by atoms with Crippen molar-refractivity contribution in [3.8, 4) is 23.6 Å². The monoisotopic (exact) mass is 383 g/mol. The molecule has 5 heteroatoms. The Balaban J connectivity index is 1.71. The first-order valence-corrected chi connectivity index (χ1v) is 9.29. The van der Waals surface area contributed by atoms with E-state index in [2.05, 4.69) is 54.0 Å². The predicted molar refractivity (Wildman–Crippen MR) is 121 cm³/mol. The van der Waals surface area contributed by atoms with E-state index in [-0.39, 0.29) is 5.41 Å². The van der Waals surface area contributed by atoms with Crippen LogP contribution in [0.25, 0.3) is 17.0 Å². The Hall–Kier alpha value is -3.78. The lowest BCUT2D eigenvalue weighted by Gasteiger charge is -2.26. The van der Waals surface area contributed by atoms with Crippen molar-refractivity contribution in [3.63, 3.8) is 0 Å². The van der Waals surface area contributed by atoms with Gasteiger partial charge in [-0.3, -0.25) is 0 Å². The van der Waals surface area contributed by atoms with Crippen LogP contribution in [0, 0.1) is 12.3 Å². The van der Waals surface area contributed by atoms with Gasteiger partial charge in [-0.25, -0.2) is 0 Å². The molecule has 0 saturated carbocycles. The van der Waals surface area contributed by atoms with Gasteiger partial charge in [0.25, 0.3) is 0 Å². The van der Waals surface area contributed by atoms with Crippen LogP contribution < -0.4 is 16.8 Å². The molecule has 0 radical (unpaired) electrons. The Morgan fingerprint density at radius 2 is 1.83 bits per heavy atom. The predicted octanol–water partition coefficient (Wildman–Crippen LogP) is 4.03. The van der Waals surface area contributed by atoms with Gasteiger partial charge in [-0.2, -0.15) is 0 Å². The fourth-order valence-electron chi connectivity index (χ4n) is 3.01. The van der Waals surface area contributed by atoms with Crippen molar-refractivity contribution in [1.82, 2.24) is 10.2 Å². The van der Waals surface area contributed by atoms with E-state index in [1.807, 2.05) is 36.4 Å². The van der Waals surface area contributed by atoms with Gasteiger partial charge in [-0.05, 0) is 42.0 Å². The highest BCUT2D eigenvalue weighted by molar-refractivity contribution is 5.77. The fraction of sp³-hybridized carbons (Fsp3) is 0.167. The number of benzene rings is 2. The summed E-state index contributed by atoms with van der Waals surface area (Å²) < 4.78 is 0. The Kier molecular flexibility index (Phi) is 5.56. The minimum absolute atomic E-state index is 0.0964. The molecule has 146 valence electrons. The van der Waals surface area contributed by atoms with Crippen LogP contribution in [0.1, 0.15) is 30.5 Å². The van der Waals surface area contributed by atoms with Crippen LogP contribution in [0.3, 0.4) is 0 Å². The van der Waals surface area contributed by atoms with E-state index in [1.54, 1.807) is 6.07 Å². The van der Waals surface area contributed by atoms with Crippen LogP contribution in [-0.2, 0) is 5.41 Å². The maximum atomic E-state index is 5.94. The Bertz CT molecular complexity index is 1060. The minimum Gasteiger partial charge on any atom is -0.399 e. The molecule has 2 aromatic carbocycles. The molecule has 0 aliphatic rings. The van der Waals surface area contributed by atoms with Crippen molar-refractivity contribution >= 4 is 17.2 Å². The SMILES string of the molecule is C#Cc1ccc(C(C)(C)CNc2ccc(-c3ccc(N)c(C(=C)N)c3)nn2)cc1. The van der Waals surface area contributed by atoms with E-state index < -0.39 is 0 Å². The summed E-state index contributed by atoms with van der Waals surface area (Å²) >= 11 is 0. The summed E-state index contributed by atoms with van der Waals surface area (Å²) in [5, 5.41) is 12.0. The van der Waals surface area contributed by atoms with E-state index >= 15 is 0 Å². The average molecular weight is 383 g/mol. The third-order valence-electron chi connectivity index (χ3n) is 4.90. The summed E-state index contributed by atoms with van der Waals surface area (Å²) in [7, 11) is 0. The van der Waals surface area contributed by atoms with E-state index in [0.717, 1.165) is 16.8 Å². The molecule has 3 aromatic rings. The normalized spacial score (nSPS) is 10.9. The molecule has 0 aliphatic heterocycles. The lowest BCUT2D eigenvalue weighted by molar-refractivity contribution is 0.555. The molecule has 0 aliphatic carbocycles. The quantitative estimate of drug-likeness (QED) is 0.442. The van der Waals surface area contributed by atoms with Crippen molar-refractivity contribution in [2.45, 2.75) is 19.3 Å². The zero-order valence-corrected chi connectivity index (χ0v) is 16.7. The van der Waals surface area contributed by atoms with Crippen molar-refractivity contribution in [2.24, 2.45) is 5.73 Å². The molecule has 29 heavy (non-hydrogen) atoms. The van der Waals surface area contributed by atoms with E-state index in [0.29, 0.717) is 29.3 Å². The molecule has 0 fully saturated rings. The molecule has 5 N–H and O–H groups in total. The van der Waals surface area contributed by atoms with Gasteiger partial charge in [0.15, 0.2) is 0 Å². The first kappa shape index (κ1) is 20.0. The Morgan fingerprint density at radius 3 is 2.41 bits per heavy atom. The summed E-state index contributed by atoms with van der Waals surface area (Å²) in [6.45, 7) is 8.80. The number of hydrogen-bond donors (Lipinski definition) is 3. The maximum absolute atomic E-state index is 5.94. The maximum Gasteiger partial charge on any atom is 0.148 e. The number of nitrogens with zero attached hydrogens (tertiary/aromatic N) is 2. The van der Waals surface area contributed by atoms with Crippen molar-refractivity contribution in [3.05, 3.63) is 77.9 Å². The van der Waals surface area contributed by atoms with Crippen molar-refractivity contribution < 1.29 is 0 Å². The molecule has 0 saturated heterocycles. The molecule has 1 aromatic heterocycles. The van der Waals surface area contributed by atoms with Crippen LogP contribution >= 0.6 is 0 Å². The molecular weight excluding hydrogens is 358 g/mol. The third kappa shape index (κ3) is 4.56. The van der Waals surface area contributed by atoms with Crippen molar-refractivity contribution in [2.75, 3.05) is 17.6 Å². The van der Waals surface area contributed by atoms with Gasteiger partial charge < -0.3 is 16.8 Å². The van der Waals surface area contributed by atoms with Crippen molar-refractivity contribution in [1.29, 1.82) is 0 Å². The highest BCUT2D eigenvalue weighted by Crippen LogP contribution is 2.26. The van der Waals surface area contributed by atoms with Gasteiger partial charge in [0.05, 0.1) is 5.69 Å². The van der Waals surface area contributed by atoms with Gasteiger partial charge in [0.1, 0.15) is 5.82 Å². The van der Waals surface area contributed by atoms with Crippen LogP contribution in [0.2, 0.25) is 0 Å². The summed E-state index contributed by atoms with van der Waals surface area (Å²) in [6, 6.07) is 17.4. The van der Waals surface area contributed by atoms with Gasteiger partial charge in [0, 0.05) is 40.0 Å². The number of aromatic nitrogens is 2. The standard InChI is InChI=1S/C24H25N5/c1-5-17-6-9-19(10-7-17)24(3,4)15-27-23-13-12-22(28-29-23)18-8-11-21(26)20(14-18)16(2)25/h1,6-14H,2,15,25-26H2,3-4H3,(H,27,29). The molecule has 0 unspecified atom stereocenters. The zero-order chi connectivity index (χ0) is 21.0. The Labute approximate surface area is 171 Å². The van der Waals surface area contributed by atoms with Gasteiger partial charge in [-0.1, -0.05) is 44.5 Å². The number of nitrogen functional groups attached to an aromatic ring is 1. The number of rotatable bonds is 6. The van der Waals surface area contributed by atoms with E-state index in [9.17, 15) is 0 Å². The third-order valence-corrected chi connectivity index (χ3v) is 4.90. The number of nitrogens with one attached hydrogen (secondary N) is 1. The molecular formula is C24H25N5. The zero-order valence-electron chi connectivity index (χ0n) is 16.7. The smallest absolute Gasteiger partial charge is 0.148 e. The lowest BCUT2D eigenvalue weighted by Crippen LogP contribution is -2.28. The summed E-state index contributed by atoms with van der Waals surface area (Å²) in [5.74, 6) is 3.35.